The summed E-state index contributed by atoms with van der Waals surface area (Å²) in [7, 11) is 0. The van der Waals surface area contributed by atoms with E-state index in [0.29, 0.717) is 145 Å². The summed E-state index contributed by atoms with van der Waals surface area (Å²) in [4.78, 5) is 11.8. The molecule has 0 aromatic heterocycles. The van der Waals surface area contributed by atoms with Gasteiger partial charge in [-0.05, 0) is 6.42 Å². The number of rotatable bonds is 45. The monoisotopic (exact) mass is 730 g/mol. The van der Waals surface area contributed by atoms with Crippen molar-refractivity contribution in [1.29, 1.82) is 0 Å². The van der Waals surface area contributed by atoms with Crippen LogP contribution in [0, 0.1) is 0 Å². The van der Waals surface area contributed by atoms with E-state index in [1.54, 1.807) is 0 Å². The first-order chi connectivity index (χ1) is 24.8. The van der Waals surface area contributed by atoms with E-state index in [1.165, 1.54) is 44.9 Å². The molecule has 0 unspecified atom stereocenters. The Morgan fingerprint density at radius 1 is 0.340 bits per heavy atom. The van der Waals surface area contributed by atoms with Crippen molar-refractivity contribution in [3.8, 4) is 0 Å². The molecule has 0 bridgehead atoms. The van der Waals surface area contributed by atoms with E-state index in [1.807, 2.05) is 0 Å². The number of halogens is 1. The van der Waals surface area contributed by atoms with Gasteiger partial charge >= 0.3 is 5.97 Å². The molecule has 0 aliphatic rings. The average molecular weight is 731 g/mol. The lowest BCUT2D eigenvalue weighted by molar-refractivity contribution is -0.145. The fourth-order valence-electron chi connectivity index (χ4n) is 4.22. The topological polar surface area (TPSA) is 128 Å². The zero-order chi connectivity index (χ0) is 36.1. The quantitative estimate of drug-likeness (QED) is 0.0640. The average Bonchev–Trinajstić information content (AvgIpc) is 3.12. The molecule has 0 radical (unpaired) electrons. The molecule has 50 heavy (non-hydrogen) atoms. The maximum atomic E-state index is 11.8. The fraction of sp³-hybridized carbons (Fsp3) is 0.972. The SMILES string of the molecule is CCCCCCCCCCCC(=O)OCCOCCOCCOCCOCCOCCOCCOCCOCCOCCOCCOCCF. The highest BCUT2D eigenvalue weighted by Gasteiger charge is 2.03. The molecule has 0 N–H and O–H groups in total. The lowest BCUT2D eigenvalue weighted by atomic mass is 10.1. The van der Waals surface area contributed by atoms with Gasteiger partial charge in [-0.15, -0.1) is 0 Å². The van der Waals surface area contributed by atoms with Gasteiger partial charge in [0.15, 0.2) is 0 Å². The predicted molar refractivity (Wildman–Crippen MR) is 188 cm³/mol. The van der Waals surface area contributed by atoms with Crippen LogP contribution < -0.4 is 0 Å². The lowest BCUT2D eigenvalue weighted by Gasteiger charge is -2.09. The van der Waals surface area contributed by atoms with E-state index in [-0.39, 0.29) is 19.2 Å². The van der Waals surface area contributed by atoms with Crippen molar-refractivity contribution in [2.45, 2.75) is 71.1 Å². The molecule has 14 heteroatoms. The second-order valence-corrected chi connectivity index (χ2v) is 11.2. The van der Waals surface area contributed by atoms with Crippen molar-refractivity contribution in [3.05, 3.63) is 0 Å². The highest BCUT2D eigenvalue weighted by atomic mass is 19.1. The molecule has 0 atom stereocenters. The summed E-state index contributed by atoms with van der Waals surface area (Å²) < 4.78 is 76.4. The number of hydrogen-bond acceptors (Lipinski definition) is 13. The molecule has 0 aromatic carbocycles. The van der Waals surface area contributed by atoms with Gasteiger partial charge in [0, 0.05) is 6.42 Å². The summed E-state index contributed by atoms with van der Waals surface area (Å²) in [6.07, 6.45) is 11.6. The third-order valence-electron chi connectivity index (χ3n) is 6.92. The molecule has 0 amide bonds. The van der Waals surface area contributed by atoms with Crippen LogP contribution in [-0.2, 0) is 61.6 Å². The Balaban J connectivity index is 3.10. The van der Waals surface area contributed by atoms with E-state index in [2.05, 4.69) is 6.92 Å². The van der Waals surface area contributed by atoms with Crippen molar-refractivity contribution in [1.82, 2.24) is 0 Å². The summed E-state index contributed by atoms with van der Waals surface area (Å²) in [6, 6.07) is 0. The molecule has 0 aromatic rings. The van der Waals surface area contributed by atoms with E-state index in [9.17, 15) is 9.18 Å². The lowest BCUT2D eigenvalue weighted by Crippen LogP contribution is -2.15. The first-order valence-corrected chi connectivity index (χ1v) is 18.9. The van der Waals surface area contributed by atoms with Crippen LogP contribution in [0.4, 0.5) is 4.39 Å². The Bertz CT molecular complexity index is 637. The summed E-state index contributed by atoms with van der Waals surface area (Å²) in [5.41, 5.74) is 0. The molecule has 300 valence electrons. The molecular formula is C36H71FO13. The normalized spacial score (nSPS) is 11.5. The van der Waals surface area contributed by atoms with Gasteiger partial charge in [-0.3, -0.25) is 4.79 Å². The largest absolute Gasteiger partial charge is 0.463 e. The molecule has 0 rings (SSSR count). The molecule has 0 saturated heterocycles. The van der Waals surface area contributed by atoms with E-state index < -0.39 is 6.67 Å². The van der Waals surface area contributed by atoms with Gasteiger partial charge in [-0.1, -0.05) is 58.3 Å². The molecule has 0 aliphatic heterocycles. The zero-order valence-electron chi connectivity index (χ0n) is 31.2. The standard InChI is InChI=1S/C36H71FO13/c1-2-3-4-5-6-7-8-9-10-11-36(38)50-35-34-49-33-32-48-31-30-47-29-28-46-27-26-45-25-24-44-23-22-43-21-20-42-19-18-41-17-16-40-15-14-39-13-12-37/h2-35H2,1H3. The van der Waals surface area contributed by atoms with Crippen LogP contribution in [0.3, 0.4) is 0 Å². The summed E-state index contributed by atoms with van der Waals surface area (Å²) in [5.74, 6) is -0.140. The smallest absolute Gasteiger partial charge is 0.305 e. The Morgan fingerprint density at radius 3 is 0.860 bits per heavy atom. The van der Waals surface area contributed by atoms with Gasteiger partial charge in [0.2, 0.25) is 0 Å². The molecule has 0 aliphatic carbocycles. The van der Waals surface area contributed by atoms with E-state index in [4.69, 9.17) is 56.8 Å². The van der Waals surface area contributed by atoms with Gasteiger partial charge in [0.05, 0.1) is 145 Å². The number of hydrogen-bond donors (Lipinski definition) is 0. The fourth-order valence-corrected chi connectivity index (χ4v) is 4.22. The second-order valence-electron chi connectivity index (χ2n) is 11.2. The van der Waals surface area contributed by atoms with Crippen LogP contribution in [0.25, 0.3) is 0 Å². The van der Waals surface area contributed by atoms with Crippen LogP contribution in [0.2, 0.25) is 0 Å². The molecule has 0 spiro atoms. The highest BCUT2D eigenvalue weighted by Crippen LogP contribution is 2.10. The number of ether oxygens (including phenoxy) is 12. The zero-order valence-corrected chi connectivity index (χ0v) is 31.2. The van der Waals surface area contributed by atoms with Gasteiger partial charge in [0.25, 0.3) is 0 Å². The van der Waals surface area contributed by atoms with Crippen LogP contribution in [0.15, 0.2) is 0 Å². The first-order valence-electron chi connectivity index (χ1n) is 18.9. The Morgan fingerprint density at radius 2 is 0.580 bits per heavy atom. The summed E-state index contributed by atoms with van der Waals surface area (Å²) in [6.45, 7) is 12.1. The van der Waals surface area contributed by atoms with Gasteiger partial charge in [-0.2, -0.15) is 0 Å². The Hall–Kier alpha value is -1.04. The number of unbranched alkanes of at least 4 members (excludes halogenated alkanes) is 8. The maximum absolute atomic E-state index is 11.8. The first kappa shape index (κ1) is 49.0. The molecule has 13 nitrogen and oxygen atoms in total. The van der Waals surface area contributed by atoms with E-state index >= 15 is 0 Å². The predicted octanol–water partition coefficient (Wildman–Crippen LogP) is 4.60. The number of esters is 1. The van der Waals surface area contributed by atoms with Crippen molar-refractivity contribution in [3.63, 3.8) is 0 Å². The molecule has 0 heterocycles. The van der Waals surface area contributed by atoms with Gasteiger partial charge in [-0.25, -0.2) is 4.39 Å². The minimum absolute atomic E-state index is 0.111. The minimum atomic E-state index is -0.477. The summed E-state index contributed by atoms with van der Waals surface area (Å²) in [5, 5.41) is 0. The Kier molecular flexibility index (Phi) is 45.0. The van der Waals surface area contributed by atoms with Crippen molar-refractivity contribution in [2.24, 2.45) is 0 Å². The number of carbonyl (C=O) groups is 1. The second kappa shape index (κ2) is 46.0. The van der Waals surface area contributed by atoms with E-state index in [0.717, 1.165) is 12.8 Å². The Labute approximate surface area is 301 Å². The third-order valence-corrected chi connectivity index (χ3v) is 6.92. The molecular weight excluding hydrogens is 659 g/mol. The number of alkyl halides is 1. The van der Waals surface area contributed by atoms with Crippen LogP contribution >= 0.6 is 0 Å². The van der Waals surface area contributed by atoms with Gasteiger partial charge in [0.1, 0.15) is 13.3 Å². The van der Waals surface area contributed by atoms with Gasteiger partial charge < -0.3 is 56.8 Å². The maximum Gasteiger partial charge on any atom is 0.305 e. The minimum Gasteiger partial charge on any atom is -0.463 e. The van der Waals surface area contributed by atoms with Crippen LogP contribution in [-0.4, -0.2) is 165 Å². The summed E-state index contributed by atoms with van der Waals surface area (Å²) >= 11 is 0. The van der Waals surface area contributed by atoms with Crippen LogP contribution in [0.1, 0.15) is 71.1 Å². The highest BCUT2D eigenvalue weighted by molar-refractivity contribution is 5.69. The van der Waals surface area contributed by atoms with Crippen LogP contribution in [0.5, 0.6) is 0 Å². The number of carbonyl (C=O) groups excluding carboxylic acids is 1. The van der Waals surface area contributed by atoms with Crippen molar-refractivity contribution in [2.75, 3.05) is 159 Å². The van der Waals surface area contributed by atoms with Crippen molar-refractivity contribution < 1.29 is 66.0 Å². The molecule has 0 saturated carbocycles. The third kappa shape index (κ3) is 45.0. The van der Waals surface area contributed by atoms with Crippen molar-refractivity contribution >= 4 is 5.97 Å². The molecule has 0 fully saturated rings.